The van der Waals surface area contributed by atoms with Gasteiger partial charge in [0.2, 0.25) is 5.91 Å². The summed E-state index contributed by atoms with van der Waals surface area (Å²) in [4.78, 5) is 16.8. The molecule has 0 fully saturated rings. The van der Waals surface area contributed by atoms with Gasteiger partial charge in [-0.2, -0.15) is 0 Å². The van der Waals surface area contributed by atoms with Crippen LogP contribution in [0, 0.1) is 0 Å². The zero-order valence-electron chi connectivity index (χ0n) is 14.5. The molecule has 1 heterocycles. The number of hydrogen-bond acceptors (Lipinski definition) is 2. The van der Waals surface area contributed by atoms with E-state index >= 15 is 0 Å². The Morgan fingerprint density at radius 1 is 1.12 bits per heavy atom. The zero-order chi connectivity index (χ0) is 17.5. The van der Waals surface area contributed by atoms with Crippen LogP contribution in [0.4, 0.5) is 0 Å². The Kier molecular flexibility index (Phi) is 5.62. The average Bonchev–Trinajstić information content (AvgIpc) is 3.01. The lowest BCUT2D eigenvalue weighted by Gasteiger charge is -2.08. The molecule has 128 valence electrons. The van der Waals surface area contributed by atoms with E-state index in [1.54, 1.807) is 6.08 Å². The second-order valence-corrected chi connectivity index (χ2v) is 5.98. The highest BCUT2D eigenvalue weighted by Crippen LogP contribution is 2.17. The molecule has 0 saturated carbocycles. The number of nitrogens with zero attached hydrogens (tertiary/aromatic N) is 2. The van der Waals surface area contributed by atoms with Crippen molar-refractivity contribution >= 4 is 23.0 Å². The van der Waals surface area contributed by atoms with Gasteiger partial charge in [-0.15, -0.1) is 0 Å². The Balaban J connectivity index is 1.70. The second kappa shape index (κ2) is 8.29. The van der Waals surface area contributed by atoms with Crippen molar-refractivity contribution < 1.29 is 4.79 Å². The number of carbonyl (C=O) groups is 1. The molecular formula is C21H23N3O. The lowest BCUT2D eigenvalue weighted by atomic mass is 10.2. The lowest BCUT2D eigenvalue weighted by molar-refractivity contribution is -0.116. The maximum absolute atomic E-state index is 12.1. The number of unbranched alkanes of at least 4 members (excludes halogenated alkanes) is 1. The fourth-order valence-corrected chi connectivity index (χ4v) is 2.79. The monoisotopic (exact) mass is 333 g/mol. The van der Waals surface area contributed by atoms with Crippen molar-refractivity contribution in [2.45, 2.75) is 32.9 Å². The molecular weight excluding hydrogens is 310 g/mol. The van der Waals surface area contributed by atoms with Crippen LogP contribution < -0.4 is 5.32 Å². The summed E-state index contributed by atoms with van der Waals surface area (Å²) >= 11 is 0. The highest BCUT2D eigenvalue weighted by molar-refractivity contribution is 5.91. The molecule has 2 aromatic carbocycles. The summed E-state index contributed by atoms with van der Waals surface area (Å²) in [6.07, 6.45) is 5.59. The number of fused-ring (bicyclic) bond motifs is 1. The molecule has 0 aliphatic rings. The van der Waals surface area contributed by atoms with Crippen LogP contribution in [-0.2, 0) is 17.9 Å². The number of imidazole rings is 1. The topological polar surface area (TPSA) is 46.9 Å². The molecule has 0 spiro atoms. The highest BCUT2D eigenvalue weighted by Gasteiger charge is 2.10. The van der Waals surface area contributed by atoms with E-state index in [0.29, 0.717) is 6.54 Å². The number of aryl methyl sites for hydroxylation is 1. The van der Waals surface area contributed by atoms with Gasteiger partial charge in [-0.3, -0.25) is 4.79 Å². The third-order valence-corrected chi connectivity index (χ3v) is 4.12. The largest absolute Gasteiger partial charge is 0.345 e. The summed E-state index contributed by atoms with van der Waals surface area (Å²) in [7, 11) is 0. The Morgan fingerprint density at radius 2 is 1.88 bits per heavy atom. The van der Waals surface area contributed by atoms with Crippen molar-refractivity contribution in [1.29, 1.82) is 0 Å². The van der Waals surface area contributed by atoms with Crippen LogP contribution in [0.2, 0.25) is 0 Å². The fourth-order valence-electron chi connectivity index (χ4n) is 2.79. The minimum Gasteiger partial charge on any atom is -0.345 e. The molecule has 0 aliphatic heterocycles. The van der Waals surface area contributed by atoms with Crippen LogP contribution in [0.5, 0.6) is 0 Å². The van der Waals surface area contributed by atoms with Crippen molar-refractivity contribution in [2.75, 3.05) is 0 Å². The van der Waals surface area contributed by atoms with Crippen LogP contribution >= 0.6 is 0 Å². The number of amides is 1. The Bertz CT molecular complexity index is 865. The maximum Gasteiger partial charge on any atom is 0.244 e. The van der Waals surface area contributed by atoms with Gasteiger partial charge >= 0.3 is 0 Å². The van der Waals surface area contributed by atoms with Gasteiger partial charge in [0.1, 0.15) is 5.82 Å². The number of para-hydroxylation sites is 2. The molecule has 1 aromatic heterocycles. The summed E-state index contributed by atoms with van der Waals surface area (Å²) in [5.74, 6) is 0.786. The van der Waals surface area contributed by atoms with Crippen LogP contribution in [0.25, 0.3) is 17.1 Å². The number of carbonyl (C=O) groups excluding carboxylic acids is 1. The predicted octanol–water partition coefficient (Wildman–Crippen LogP) is 4.17. The summed E-state index contributed by atoms with van der Waals surface area (Å²) in [6.45, 7) is 3.52. The van der Waals surface area contributed by atoms with E-state index < -0.39 is 0 Å². The molecule has 25 heavy (non-hydrogen) atoms. The second-order valence-electron chi connectivity index (χ2n) is 5.98. The van der Waals surface area contributed by atoms with Crippen molar-refractivity contribution in [3.63, 3.8) is 0 Å². The van der Waals surface area contributed by atoms with Gasteiger partial charge in [0.25, 0.3) is 0 Å². The van der Waals surface area contributed by atoms with E-state index in [1.165, 1.54) is 0 Å². The van der Waals surface area contributed by atoms with Crippen molar-refractivity contribution in [3.8, 4) is 0 Å². The number of nitrogens with one attached hydrogen (secondary N) is 1. The number of aromatic nitrogens is 2. The van der Waals surface area contributed by atoms with E-state index in [1.807, 2.05) is 54.6 Å². The van der Waals surface area contributed by atoms with Crippen LogP contribution in [-0.4, -0.2) is 15.5 Å². The fraction of sp³-hybridized carbons (Fsp3) is 0.238. The number of rotatable bonds is 7. The Labute approximate surface area is 148 Å². The first-order valence-electron chi connectivity index (χ1n) is 8.73. The van der Waals surface area contributed by atoms with E-state index in [2.05, 4.69) is 27.9 Å². The van der Waals surface area contributed by atoms with Crippen LogP contribution in [0.15, 0.2) is 60.7 Å². The number of benzene rings is 2. The smallest absolute Gasteiger partial charge is 0.244 e. The normalized spacial score (nSPS) is 11.2. The Hall–Kier alpha value is -2.88. The van der Waals surface area contributed by atoms with Gasteiger partial charge in [-0.25, -0.2) is 4.98 Å². The SMILES string of the molecule is CCCCn1c(CNC(=O)/C=C\c2ccccc2)nc2ccccc21. The highest BCUT2D eigenvalue weighted by atomic mass is 16.1. The summed E-state index contributed by atoms with van der Waals surface area (Å²) in [5, 5.41) is 2.94. The van der Waals surface area contributed by atoms with Crippen molar-refractivity contribution in [2.24, 2.45) is 0 Å². The van der Waals surface area contributed by atoms with Crippen molar-refractivity contribution in [3.05, 3.63) is 72.1 Å². The zero-order valence-corrected chi connectivity index (χ0v) is 14.5. The van der Waals surface area contributed by atoms with Crippen LogP contribution in [0.1, 0.15) is 31.2 Å². The molecule has 0 radical (unpaired) electrons. The molecule has 0 unspecified atom stereocenters. The first-order valence-corrected chi connectivity index (χ1v) is 8.73. The standard InChI is InChI=1S/C21H23N3O/c1-2-3-15-24-19-12-8-7-11-18(19)23-20(24)16-22-21(25)14-13-17-9-5-4-6-10-17/h4-14H,2-3,15-16H2,1H3,(H,22,25)/b14-13-. The van der Waals surface area contributed by atoms with Gasteiger partial charge in [0.05, 0.1) is 17.6 Å². The summed E-state index contributed by atoms with van der Waals surface area (Å²) in [6, 6.07) is 17.9. The van der Waals surface area contributed by atoms with E-state index in [0.717, 1.165) is 41.8 Å². The van der Waals surface area contributed by atoms with Crippen LogP contribution in [0.3, 0.4) is 0 Å². The third kappa shape index (κ3) is 4.35. The van der Waals surface area contributed by atoms with Gasteiger partial charge in [-0.1, -0.05) is 55.8 Å². The molecule has 1 amide bonds. The van der Waals surface area contributed by atoms with E-state index in [4.69, 9.17) is 0 Å². The summed E-state index contributed by atoms with van der Waals surface area (Å²) < 4.78 is 2.21. The first-order chi connectivity index (χ1) is 12.3. The summed E-state index contributed by atoms with van der Waals surface area (Å²) in [5.41, 5.74) is 3.11. The molecule has 1 N–H and O–H groups in total. The molecule has 4 heteroatoms. The quantitative estimate of drug-likeness (QED) is 0.660. The van der Waals surface area contributed by atoms with E-state index in [-0.39, 0.29) is 5.91 Å². The molecule has 4 nitrogen and oxygen atoms in total. The molecule has 3 aromatic rings. The average molecular weight is 333 g/mol. The molecule has 0 aliphatic carbocycles. The number of hydrogen-bond donors (Lipinski definition) is 1. The van der Waals surface area contributed by atoms with E-state index in [9.17, 15) is 4.79 Å². The van der Waals surface area contributed by atoms with Crippen molar-refractivity contribution in [1.82, 2.24) is 14.9 Å². The molecule has 0 bridgehead atoms. The third-order valence-electron chi connectivity index (χ3n) is 4.12. The molecule has 3 rings (SSSR count). The predicted molar refractivity (Wildman–Crippen MR) is 102 cm³/mol. The van der Waals surface area contributed by atoms with Gasteiger partial charge in [0.15, 0.2) is 0 Å². The van der Waals surface area contributed by atoms with Gasteiger partial charge in [-0.05, 0) is 30.2 Å². The lowest BCUT2D eigenvalue weighted by Crippen LogP contribution is -2.22. The molecule has 0 atom stereocenters. The minimum atomic E-state index is -0.113. The maximum atomic E-state index is 12.1. The minimum absolute atomic E-state index is 0.113. The van der Waals surface area contributed by atoms with Gasteiger partial charge in [0, 0.05) is 12.6 Å². The first kappa shape index (κ1) is 17.0. The Morgan fingerprint density at radius 3 is 2.68 bits per heavy atom. The van der Waals surface area contributed by atoms with Gasteiger partial charge < -0.3 is 9.88 Å². The molecule has 0 saturated heterocycles.